The van der Waals surface area contributed by atoms with Crippen LogP contribution in [0.2, 0.25) is 5.02 Å². The van der Waals surface area contributed by atoms with Crippen LogP contribution < -0.4 is 9.64 Å². The van der Waals surface area contributed by atoms with E-state index < -0.39 is 0 Å². The molecule has 1 aromatic heterocycles. The number of methoxy groups -OCH3 is 1. The molecule has 0 unspecified atom stereocenters. The first-order chi connectivity index (χ1) is 13.6. The quantitative estimate of drug-likeness (QED) is 0.637. The van der Waals surface area contributed by atoms with Crippen molar-refractivity contribution >= 4 is 29.5 Å². The van der Waals surface area contributed by atoms with E-state index in [1.54, 1.807) is 7.11 Å². The Bertz CT molecular complexity index is 992. The molecule has 1 saturated heterocycles. The van der Waals surface area contributed by atoms with Crippen LogP contribution in [0.5, 0.6) is 5.75 Å². The molecule has 2 heterocycles. The molecule has 8 heteroatoms. The second-order valence-electron chi connectivity index (χ2n) is 6.74. The number of hydrogen-bond donors (Lipinski definition) is 1. The second-order valence-corrected chi connectivity index (χ2v) is 7.54. The summed E-state index contributed by atoms with van der Waals surface area (Å²) in [5.41, 5.74) is 2.16. The van der Waals surface area contributed by atoms with E-state index in [2.05, 4.69) is 25.9 Å². The predicted molar refractivity (Wildman–Crippen MR) is 115 cm³/mol. The molecule has 0 bridgehead atoms. The summed E-state index contributed by atoms with van der Waals surface area (Å²) in [6.07, 6.45) is 0. The van der Waals surface area contributed by atoms with Crippen molar-refractivity contribution in [2.24, 2.45) is 0 Å². The third-order valence-corrected chi connectivity index (χ3v) is 5.48. The Morgan fingerprint density at radius 3 is 2.54 bits per heavy atom. The zero-order valence-corrected chi connectivity index (χ0v) is 17.2. The average molecular weight is 416 g/mol. The molecule has 0 saturated carbocycles. The van der Waals surface area contributed by atoms with E-state index in [4.69, 9.17) is 28.6 Å². The van der Waals surface area contributed by atoms with Crippen LogP contribution >= 0.6 is 23.8 Å². The highest BCUT2D eigenvalue weighted by Crippen LogP contribution is 2.22. The highest BCUT2D eigenvalue weighted by atomic mass is 35.5. The molecule has 1 aliphatic heterocycles. The first kappa shape index (κ1) is 19.0. The second kappa shape index (κ2) is 8.34. The maximum atomic E-state index is 6.12. The molecule has 1 aliphatic rings. The fraction of sp³-hybridized carbons (Fsp3) is 0.300. The van der Waals surface area contributed by atoms with Crippen molar-refractivity contribution < 1.29 is 4.74 Å². The lowest BCUT2D eigenvalue weighted by molar-refractivity contribution is 0.194. The van der Waals surface area contributed by atoms with E-state index in [-0.39, 0.29) is 0 Å². The number of benzene rings is 2. The van der Waals surface area contributed by atoms with Crippen LogP contribution in [-0.4, -0.2) is 53.0 Å². The van der Waals surface area contributed by atoms with Gasteiger partial charge in [-0.05, 0) is 54.7 Å². The van der Waals surface area contributed by atoms with Gasteiger partial charge in [-0.2, -0.15) is 4.98 Å². The van der Waals surface area contributed by atoms with Gasteiger partial charge in [0.15, 0.2) is 5.82 Å². The predicted octanol–water partition coefficient (Wildman–Crippen LogP) is 4.05. The Labute approximate surface area is 174 Å². The fourth-order valence-corrected chi connectivity index (χ4v) is 3.73. The minimum absolute atomic E-state index is 0.558. The van der Waals surface area contributed by atoms with E-state index in [0.717, 1.165) is 48.3 Å². The topological polar surface area (TPSA) is 49.3 Å². The van der Waals surface area contributed by atoms with Gasteiger partial charge in [0.2, 0.25) is 4.77 Å². The lowest BCUT2D eigenvalue weighted by Crippen LogP contribution is -2.47. The monoisotopic (exact) mass is 415 g/mol. The molecule has 28 heavy (non-hydrogen) atoms. The van der Waals surface area contributed by atoms with Gasteiger partial charge in [0.25, 0.3) is 0 Å². The third-order valence-electron chi connectivity index (χ3n) is 4.93. The van der Waals surface area contributed by atoms with Gasteiger partial charge in [-0.25, -0.2) is 4.68 Å². The molecule has 2 aromatic carbocycles. The standard InChI is InChI=1S/C20H22ClN5OS/c1-27-18-7-5-15(6-8-18)19-22-20(28)26(23-19)14-24-9-11-25(12-10-24)17-4-2-3-16(21)13-17/h2-8,13H,9-12,14H2,1H3,(H,22,23,28). The number of rotatable bonds is 5. The summed E-state index contributed by atoms with van der Waals surface area (Å²) in [6.45, 7) is 4.50. The van der Waals surface area contributed by atoms with Crippen LogP contribution in [0.15, 0.2) is 48.5 Å². The summed E-state index contributed by atoms with van der Waals surface area (Å²) < 4.78 is 7.69. The molecule has 0 spiro atoms. The van der Waals surface area contributed by atoms with Gasteiger partial charge in [0.1, 0.15) is 5.75 Å². The molecular weight excluding hydrogens is 394 g/mol. The van der Waals surface area contributed by atoms with Crippen molar-refractivity contribution in [3.8, 4) is 17.1 Å². The largest absolute Gasteiger partial charge is 0.497 e. The van der Waals surface area contributed by atoms with Crippen molar-refractivity contribution in [1.29, 1.82) is 0 Å². The molecule has 0 aliphatic carbocycles. The van der Waals surface area contributed by atoms with Crippen LogP contribution in [0.25, 0.3) is 11.4 Å². The van der Waals surface area contributed by atoms with Crippen molar-refractivity contribution in [2.75, 3.05) is 38.2 Å². The Morgan fingerprint density at radius 1 is 1.11 bits per heavy atom. The lowest BCUT2D eigenvalue weighted by Gasteiger charge is -2.36. The molecule has 0 radical (unpaired) electrons. The molecule has 0 amide bonds. The number of ether oxygens (including phenoxy) is 1. The zero-order chi connectivity index (χ0) is 19.5. The molecule has 0 atom stereocenters. The van der Waals surface area contributed by atoms with Crippen LogP contribution in [0.3, 0.4) is 0 Å². The smallest absolute Gasteiger partial charge is 0.217 e. The zero-order valence-electron chi connectivity index (χ0n) is 15.6. The van der Waals surface area contributed by atoms with Crippen LogP contribution in [0, 0.1) is 4.77 Å². The number of nitrogens with zero attached hydrogens (tertiary/aromatic N) is 4. The summed E-state index contributed by atoms with van der Waals surface area (Å²) in [5, 5.41) is 4.09. The summed E-state index contributed by atoms with van der Waals surface area (Å²) >= 11 is 11.6. The van der Waals surface area contributed by atoms with Crippen LogP contribution in [0.1, 0.15) is 0 Å². The van der Waals surface area contributed by atoms with E-state index in [1.165, 1.54) is 5.69 Å². The molecular formula is C20H22ClN5OS. The van der Waals surface area contributed by atoms with E-state index in [9.17, 15) is 0 Å². The minimum atomic E-state index is 0.558. The molecule has 6 nitrogen and oxygen atoms in total. The van der Waals surface area contributed by atoms with Crippen molar-refractivity contribution in [3.63, 3.8) is 0 Å². The molecule has 4 rings (SSSR count). The van der Waals surface area contributed by atoms with Gasteiger partial charge in [-0.15, -0.1) is 0 Å². The van der Waals surface area contributed by atoms with Gasteiger partial charge < -0.3 is 9.64 Å². The summed E-state index contributed by atoms with van der Waals surface area (Å²) in [7, 11) is 1.66. The SMILES string of the molecule is COc1ccc(-c2nc(=S)n(CN3CCN(c4cccc(Cl)c4)CC3)[nH]2)cc1. The number of piperazine rings is 1. The number of halogens is 1. The number of aromatic amines is 1. The Morgan fingerprint density at radius 2 is 1.86 bits per heavy atom. The molecule has 1 N–H and O–H groups in total. The Balaban J connectivity index is 1.40. The first-order valence-corrected chi connectivity index (χ1v) is 9.95. The fourth-order valence-electron chi connectivity index (χ4n) is 3.35. The van der Waals surface area contributed by atoms with Crippen LogP contribution in [-0.2, 0) is 6.67 Å². The van der Waals surface area contributed by atoms with E-state index >= 15 is 0 Å². The number of H-pyrrole nitrogens is 1. The average Bonchev–Trinajstić information content (AvgIpc) is 3.09. The first-order valence-electron chi connectivity index (χ1n) is 9.16. The van der Waals surface area contributed by atoms with Crippen LogP contribution in [0.4, 0.5) is 5.69 Å². The Kier molecular flexibility index (Phi) is 5.66. The highest BCUT2D eigenvalue weighted by Gasteiger charge is 2.18. The van der Waals surface area contributed by atoms with Gasteiger partial charge in [0.05, 0.1) is 13.8 Å². The van der Waals surface area contributed by atoms with Gasteiger partial charge in [0, 0.05) is 42.5 Å². The van der Waals surface area contributed by atoms with E-state index in [1.807, 2.05) is 47.1 Å². The summed E-state index contributed by atoms with van der Waals surface area (Å²) in [4.78, 5) is 9.23. The minimum Gasteiger partial charge on any atom is -0.497 e. The normalized spacial score (nSPS) is 15.0. The molecule has 3 aromatic rings. The van der Waals surface area contributed by atoms with Gasteiger partial charge >= 0.3 is 0 Å². The van der Waals surface area contributed by atoms with Gasteiger partial charge in [-0.3, -0.25) is 10.00 Å². The number of aromatic nitrogens is 3. The Hall–Kier alpha value is -2.35. The molecule has 1 fully saturated rings. The number of nitrogens with one attached hydrogen (secondary N) is 1. The maximum absolute atomic E-state index is 6.12. The van der Waals surface area contributed by atoms with Gasteiger partial charge in [-0.1, -0.05) is 17.7 Å². The van der Waals surface area contributed by atoms with Crippen molar-refractivity contribution in [1.82, 2.24) is 19.7 Å². The van der Waals surface area contributed by atoms with Crippen molar-refractivity contribution in [3.05, 3.63) is 58.3 Å². The number of hydrogen-bond acceptors (Lipinski definition) is 5. The summed E-state index contributed by atoms with van der Waals surface area (Å²) in [6, 6.07) is 15.8. The maximum Gasteiger partial charge on any atom is 0.217 e. The van der Waals surface area contributed by atoms with E-state index in [0.29, 0.717) is 11.4 Å². The van der Waals surface area contributed by atoms with Crippen molar-refractivity contribution in [2.45, 2.75) is 6.67 Å². The number of anilines is 1. The lowest BCUT2D eigenvalue weighted by atomic mass is 10.2. The summed E-state index contributed by atoms with van der Waals surface area (Å²) in [5.74, 6) is 1.59. The third kappa shape index (κ3) is 4.22. The molecule has 146 valence electrons. The highest BCUT2D eigenvalue weighted by molar-refractivity contribution is 7.71.